The number of nitrogens with zero attached hydrogens (tertiary/aromatic N) is 1. The third-order valence-corrected chi connectivity index (χ3v) is 4.01. The summed E-state index contributed by atoms with van der Waals surface area (Å²) in [4.78, 5) is 26.1. The molecule has 3 rings (SSSR count). The molecule has 1 heterocycles. The molecule has 23 heavy (non-hydrogen) atoms. The lowest BCUT2D eigenvalue weighted by Crippen LogP contribution is -2.38. The van der Waals surface area contributed by atoms with Gasteiger partial charge < -0.3 is 10.2 Å². The van der Waals surface area contributed by atoms with Gasteiger partial charge in [-0.25, -0.2) is 0 Å². The number of para-hydroxylation sites is 1. The fraction of sp³-hybridized carbons (Fsp3) is 0.263. The minimum Gasteiger partial charge on any atom is -0.351 e. The van der Waals surface area contributed by atoms with Crippen molar-refractivity contribution in [2.24, 2.45) is 0 Å². The number of hydrogen-bond acceptors (Lipinski definition) is 2. The summed E-state index contributed by atoms with van der Waals surface area (Å²) >= 11 is 0. The van der Waals surface area contributed by atoms with E-state index in [1.807, 2.05) is 61.5 Å². The van der Waals surface area contributed by atoms with Crippen LogP contribution in [0.4, 0.5) is 5.69 Å². The second kappa shape index (κ2) is 6.65. The first-order valence-corrected chi connectivity index (χ1v) is 7.82. The molecule has 4 nitrogen and oxygen atoms in total. The molecule has 0 aliphatic carbocycles. The lowest BCUT2D eigenvalue weighted by Gasteiger charge is -2.17. The standard InChI is InChI=1S/C19H20N2O2/c1-14-6-5-7-15(10-14)11-18(22)20-16-12-19(23)21(13-16)17-8-3-2-4-9-17/h2-10,16H,11-13H2,1H3,(H,20,22)/t16-/m1/s1. The maximum atomic E-state index is 12.2. The van der Waals surface area contributed by atoms with Crippen LogP contribution in [-0.4, -0.2) is 24.4 Å². The normalized spacial score (nSPS) is 17.3. The lowest BCUT2D eigenvalue weighted by atomic mass is 10.1. The van der Waals surface area contributed by atoms with Crippen molar-refractivity contribution >= 4 is 17.5 Å². The highest BCUT2D eigenvalue weighted by Gasteiger charge is 2.31. The molecular weight excluding hydrogens is 288 g/mol. The van der Waals surface area contributed by atoms with Crippen LogP contribution in [-0.2, 0) is 16.0 Å². The zero-order valence-corrected chi connectivity index (χ0v) is 13.2. The van der Waals surface area contributed by atoms with Crippen molar-refractivity contribution in [2.45, 2.75) is 25.8 Å². The first-order valence-electron chi connectivity index (χ1n) is 7.82. The smallest absolute Gasteiger partial charge is 0.229 e. The Balaban J connectivity index is 1.59. The number of hydrogen-bond donors (Lipinski definition) is 1. The molecule has 2 aromatic rings. The van der Waals surface area contributed by atoms with Crippen molar-refractivity contribution in [3.8, 4) is 0 Å². The number of amides is 2. The first kappa shape index (κ1) is 15.3. The highest BCUT2D eigenvalue weighted by atomic mass is 16.2. The van der Waals surface area contributed by atoms with Gasteiger partial charge in [-0.05, 0) is 24.6 Å². The Hall–Kier alpha value is -2.62. The molecule has 1 N–H and O–H groups in total. The van der Waals surface area contributed by atoms with E-state index in [4.69, 9.17) is 0 Å². The molecular formula is C19H20N2O2. The van der Waals surface area contributed by atoms with Crippen LogP contribution >= 0.6 is 0 Å². The molecule has 0 aromatic heterocycles. The number of benzene rings is 2. The molecule has 0 radical (unpaired) electrons. The number of nitrogens with one attached hydrogen (secondary N) is 1. The van der Waals surface area contributed by atoms with Gasteiger partial charge in [0.05, 0.1) is 12.5 Å². The van der Waals surface area contributed by atoms with Gasteiger partial charge in [0.1, 0.15) is 0 Å². The summed E-state index contributed by atoms with van der Waals surface area (Å²) in [5.41, 5.74) is 3.02. The van der Waals surface area contributed by atoms with Crippen molar-refractivity contribution in [1.29, 1.82) is 0 Å². The van der Waals surface area contributed by atoms with Crippen molar-refractivity contribution < 1.29 is 9.59 Å². The molecule has 2 amide bonds. The SMILES string of the molecule is Cc1cccc(CC(=O)N[C@@H]2CC(=O)N(c3ccccc3)C2)c1. The Morgan fingerprint density at radius 2 is 1.96 bits per heavy atom. The van der Waals surface area contributed by atoms with Crippen molar-refractivity contribution in [3.63, 3.8) is 0 Å². The number of carbonyl (C=O) groups excluding carboxylic acids is 2. The monoisotopic (exact) mass is 308 g/mol. The van der Waals surface area contributed by atoms with Gasteiger partial charge in [0.25, 0.3) is 0 Å². The molecule has 1 fully saturated rings. The number of anilines is 1. The molecule has 0 saturated carbocycles. The number of aryl methyl sites for hydroxylation is 1. The number of rotatable bonds is 4. The van der Waals surface area contributed by atoms with Gasteiger partial charge in [-0.3, -0.25) is 9.59 Å². The Morgan fingerprint density at radius 3 is 2.70 bits per heavy atom. The van der Waals surface area contributed by atoms with Crippen molar-refractivity contribution in [3.05, 3.63) is 65.7 Å². The van der Waals surface area contributed by atoms with E-state index >= 15 is 0 Å². The zero-order chi connectivity index (χ0) is 16.2. The molecule has 0 unspecified atom stereocenters. The molecule has 0 bridgehead atoms. The third kappa shape index (κ3) is 3.77. The minimum atomic E-state index is -0.125. The molecule has 118 valence electrons. The number of carbonyl (C=O) groups is 2. The quantitative estimate of drug-likeness (QED) is 0.943. The summed E-state index contributed by atoms with van der Waals surface area (Å²) in [5, 5.41) is 2.98. The van der Waals surface area contributed by atoms with Crippen LogP contribution in [0.2, 0.25) is 0 Å². The van der Waals surface area contributed by atoms with Gasteiger partial charge in [-0.1, -0.05) is 48.0 Å². The van der Waals surface area contributed by atoms with Crippen LogP contribution in [0.3, 0.4) is 0 Å². The third-order valence-electron chi connectivity index (χ3n) is 4.01. The molecule has 1 aliphatic heterocycles. The van der Waals surface area contributed by atoms with E-state index in [-0.39, 0.29) is 17.9 Å². The summed E-state index contributed by atoms with van der Waals surface area (Å²) < 4.78 is 0. The molecule has 0 spiro atoms. The second-order valence-corrected chi connectivity index (χ2v) is 5.97. The molecule has 1 aliphatic rings. The van der Waals surface area contributed by atoms with Crippen LogP contribution in [0.15, 0.2) is 54.6 Å². The van der Waals surface area contributed by atoms with Gasteiger partial charge >= 0.3 is 0 Å². The average molecular weight is 308 g/mol. The lowest BCUT2D eigenvalue weighted by molar-refractivity contribution is -0.121. The molecule has 1 saturated heterocycles. The molecule has 2 aromatic carbocycles. The van der Waals surface area contributed by atoms with Gasteiger partial charge in [-0.2, -0.15) is 0 Å². The fourth-order valence-corrected chi connectivity index (χ4v) is 2.95. The van der Waals surface area contributed by atoms with E-state index in [1.165, 1.54) is 0 Å². The van der Waals surface area contributed by atoms with Gasteiger partial charge in [0.2, 0.25) is 11.8 Å². The predicted octanol–water partition coefficient (Wildman–Crippen LogP) is 2.46. The van der Waals surface area contributed by atoms with E-state index in [1.54, 1.807) is 4.90 Å². The summed E-state index contributed by atoms with van der Waals surface area (Å²) in [6.07, 6.45) is 0.701. The Labute approximate surface area is 136 Å². The van der Waals surface area contributed by atoms with Crippen LogP contribution < -0.4 is 10.2 Å². The van der Waals surface area contributed by atoms with E-state index in [0.717, 1.165) is 16.8 Å². The van der Waals surface area contributed by atoms with Crippen LogP contribution in [0.25, 0.3) is 0 Å². The van der Waals surface area contributed by atoms with Gasteiger partial charge in [0.15, 0.2) is 0 Å². The van der Waals surface area contributed by atoms with E-state index in [9.17, 15) is 9.59 Å². The van der Waals surface area contributed by atoms with Gasteiger partial charge in [-0.15, -0.1) is 0 Å². The van der Waals surface area contributed by atoms with Gasteiger partial charge in [0, 0.05) is 18.7 Å². The van der Waals surface area contributed by atoms with E-state index in [2.05, 4.69) is 5.32 Å². The average Bonchev–Trinajstić information content (AvgIpc) is 2.88. The summed E-state index contributed by atoms with van der Waals surface area (Å²) in [7, 11) is 0. The van der Waals surface area contributed by atoms with Crippen molar-refractivity contribution in [1.82, 2.24) is 5.32 Å². The van der Waals surface area contributed by atoms with Crippen LogP contribution in [0.1, 0.15) is 17.5 Å². The van der Waals surface area contributed by atoms with Crippen LogP contribution in [0, 0.1) is 6.92 Å². The van der Waals surface area contributed by atoms with Crippen LogP contribution in [0.5, 0.6) is 0 Å². The Bertz CT molecular complexity index is 712. The molecule has 4 heteroatoms. The summed E-state index contributed by atoms with van der Waals surface area (Å²) in [5.74, 6) is 0.0142. The maximum absolute atomic E-state index is 12.2. The minimum absolute atomic E-state index is 0.0386. The first-order chi connectivity index (χ1) is 11.1. The predicted molar refractivity (Wildman–Crippen MR) is 90.2 cm³/mol. The molecule has 1 atom stereocenters. The largest absolute Gasteiger partial charge is 0.351 e. The van der Waals surface area contributed by atoms with E-state index in [0.29, 0.717) is 19.4 Å². The zero-order valence-electron chi connectivity index (χ0n) is 13.2. The summed E-state index contributed by atoms with van der Waals surface area (Å²) in [6.45, 7) is 2.54. The second-order valence-electron chi connectivity index (χ2n) is 5.97. The Kier molecular flexibility index (Phi) is 4.42. The highest BCUT2D eigenvalue weighted by molar-refractivity contribution is 5.96. The highest BCUT2D eigenvalue weighted by Crippen LogP contribution is 2.21. The van der Waals surface area contributed by atoms with Crippen molar-refractivity contribution in [2.75, 3.05) is 11.4 Å². The fourth-order valence-electron chi connectivity index (χ4n) is 2.95. The summed E-state index contributed by atoms with van der Waals surface area (Å²) in [6, 6.07) is 17.4. The topological polar surface area (TPSA) is 49.4 Å². The Morgan fingerprint density at radius 1 is 1.17 bits per heavy atom. The van der Waals surface area contributed by atoms with E-state index < -0.39 is 0 Å². The maximum Gasteiger partial charge on any atom is 0.229 e.